The number of thiazole rings is 1. The van der Waals surface area contributed by atoms with Gasteiger partial charge in [0.25, 0.3) is 5.91 Å². The van der Waals surface area contributed by atoms with E-state index < -0.39 is 6.04 Å². The number of hydrogen-bond donors (Lipinski definition) is 4. The van der Waals surface area contributed by atoms with Gasteiger partial charge in [-0.2, -0.15) is 24.4 Å². The van der Waals surface area contributed by atoms with Gasteiger partial charge in [0, 0.05) is 60.1 Å². The molecular formula is C29H36N4O2S3. The average Bonchev–Trinajstić information content (AvgIpc) is 3.61. The molecule has 0 bridgehead atoms. The minimum atomic E-state index is -0.534. The molecule has 0 radical (unpaired) electrons. The van der Waals surface area contributed by atoms with E-state index in [9.17, 15) is 9.59 Å². The summed E-state index contributed by atoms with van der Waals surface area (Å²) in [5.41, 5.74) is 3.42. The molecule has 202 valence electrons. The number of hydrogen-bond acceptors (Lipinski definition) is 8. The second-order valence-electron chi connectivity index (χ2n) is 9.61. The molecule has 6 nitrogen and oxygen atoms in total. The third kappa shape index (κ3) is 8.59. The average molecular weight is 569 g/mol. The molecule has 3 N–H and O–H groups in total. The highest BCUT2D eigenvalue weighted by atomic mass is 32.2. The lowest BCUT2D eigenvalue weighted by Crippen LogP contribution is -2.42. The summed E-state index contributed by atoms with van der Waals surface area (Å²) in [5.74, 6) is 0.625. The highest BCUT2D eigenvalue weighted by molar-refractivity contribution is 7.98. The summed E-state index contributed by atoms with van der Waals surface area (Å²) < 4.78 is 0. The Balaban J connectivity index is 1.50. The minimum absolute atomic E-state index is 0.0332. The number of thiol groups is 1. The smallest absolute Gasteiger partial charge is 0.252 e. The molecule has 1 amide bonds. The van der Waals surface area contributed by atoms with Crippen molar-refractivity contribution in [2.45, 2.75) is 49.4 Å². The first-order chi connectivity index (χ1) is 18.5. The number of Topliss-reactive ketones (excluding diaryl/α,β-unsaturated/α-hetero) is 1. The van der Waals surface area contributed by atoms with Crippen LogP contribution >= 0.6 is 35.7 Å². The molecule has 1 aliphatic heterocycles. The first-order valence-electron chi connectivity index (χ1n) is 13.0. The molecule has 0 unspecified atom stereocenters. The number of thioether (sulfide) groups is 1. The van der Waals surface area contributed by atoms with Crippen molar-refractivity contribution in [3.63, 3.8) is 0 Å². The number of benzene rings is 2. The van der Waals surface area contributed by atoms with Crippen molar-refractivity contribution >= 4 is 53.1 Å². The topological polar surface area (TPSA) is 83.1 Å². The number of anilines is 1. The zero-order valence-electron chi connectivity index (χ0n) is 21.7. The normalized spacial score (nSPS) is 17.7. The van der Waals surface area contributed by atoms with E-state index in [1.807, 2.05) is 66.4 Å². The van der Waals surface area contributed by atoms with Crippen molar-refractivity contribution in [2.24, 2.45) is 0 Å². The summed E-state index contributed by atoms with van der Waals surface area (Å²) in [6.45, 7) is 1.68. The van der Waals surface area contributed by atoms with E-state index in [0.29, 0.717) is 36.1 Å². The van der Waals surface area contributed by atoms with Crippen molar-refractivity contribution in [3.8, 4) is 0 Å². The van der Waals surface area contributed by atoms with Crippen LogP contribution in [-0.2, 0) is 24.1 Å². The van der Waals surface area contributed by atoms with Gasteiger partial charge in [0.15, 0.2) is 5.78 Å². The third-order valence-corrected chi connectivity index (χ3v) is 8.60. The van der Waals surface area contributed by atoms with Gasteiger partial charge in [-0.1, -0.05) is 36.4 Å². The second kappa shape index (κ2) is 14.7. The molecule has 4 rings (SSSR count). The Bertz CT molecular complexity index is 1170. The number of aromatic nitrogens is 1. The number of rotatable bonds is 14. The third-order valence-electron chi connectivity index (χ3n) is 6.72. The molecular weight excluding hydrogens is 533 g/mol. The van der Waals surface area contributed by atoms with E-state index in [2.05, 4.69) is 33.6 Å². The molecule has 9 heteroatoms. The molecule has 2 heterocycles. The first kappa shape index (κ1) is 28.7. The molecule has 3 aromatic rings. The fourth-order valence-corrected chi connectivity index (χ4v) is 6.09. The number of carbonyl (C=O) groups is 2. The summed E-state index contributed by atoms with van der Waals surface area (Å²) in [6.07, 6.45) is 7.21. The van der Waals surface area contributed by atoms with Crippen LogP contribution in [0.15, 0.2) is 60.1 Å². The van der Waals surface area contributed by atoms with Gasteiger partial charge in [0.2, 0.25) is 0 Å². The van der Waals surface area contributed by atoms with Crippen LogP contribution in [0.5, 0.6) is 0 Å². The van der Waals surface area contributed by atoms with Crippen LogP contribution in [-0.4, -0.2) is 59.1 Å². The van der Waals surface area contributed by atoms with Gasteiger partial charge in [0.05, 0.1) is 11.0 Å². The van der Waals surface area contributed by atoms with Crippen LogP contribution < -0.4 is 16.0 Å². The maximum atomic E-state index is 13.7. The summed E-state index contributed by atoms with van der Waals surface area (Å²) >= 11 is 7.86. The number of aryl methyl sites for hydroxylation is 2. The molecule has 2 aromatic carbocycles. The molecule has 1 aliphatic rings. The van der Waals surface area contributed by atoms with E-state index in [-0.39, 0.29) is 11.7 Å². The summed E-state index contributed by atoms with van der Waals surface area (Å²) in [7, 11) is 0. The quantitative estimate of drug-likeness (QED) is 0.212. The van der Waals surface area contributed by atoms with Crippen LogP contribution in [0.3, 0.4) is 0 Å². The van der Waals surface area contributed by atoms with E-state index in [1.165, 1.54) is 0 Å². The Morgan fingerprint density at radius 2 is 2.05 bits per heavy atom. The largest absolute Gasteiger partial charge is 0.383 e. The Hall–Kier alpha value is -2.33. The van der Waals surface area contributed by atoms with Crippen molar-refractivity contribution in [1.29, 1.82) is 0 Å². The van der Waals surface area contributed by atoms with Gasteiger partial charge in [-0.15, -0.1) is 11.3 Å². The van der Waals surface area contributed by atoms with E-state index in [4.69, 9.17) is 0 Å². The fourth-order valence-electron chi connectivity index (χ4n) is 4.63. The van der Waals surface area contributed by atoms with Crippen LogP contribution in [0.25, 0.3) is 0 Å². The second-order valence-corrected chi connectivity index (χ2v) is 12.3. The maximum Gasteiger partial charge on any atom is 0.252 e. The zero-order valence-corrected chi connectivity index (χ0v) is 24.2. The van der Waals surface area contributed by atoms with Crippen molar-refractivity contribution in [1.82, 2.24) is 15.6 Å². The Morgan fingerprint density at radius 1 is 1.21 bits per heavy atom. The van der Waals surface area contributed by atoms with Crippen LogP contribution in [0, 0.1) is 0 Å². The van der Waals surface area contributed by atoms with Gasteiger partial charge >= 0.3 is 0 Å². The molecule has 1 saturated heterocycles. The molecule has 0 aliphatic carbocycles. The Kier molecular flexibility index (Phi) is 11.1. The van der Waals surface area contributed by atoms with E-state index in [1.54, 1.807) is 23.1 Å². The number of nitrogens with one attached hydrogen (secondary N) is 3. The Morgan fingerprint density at radius 3 is 2.76 bits per heavy atom. The van der Waals surface area contributed by atoms with Gasteiger partial charge in [0.1, 0.15) is 0 Å². The predicted octanol–water partition coefficient (Wildman–Crippen LogP) is 4.66. The molecule has 3 atom stereocenters. The lowest BCUT2D eigenvalue weighted by Gasteiger charge is -2.20. The van der Waals surface area contributed by atoms with Crippen molar-refractivity contribution < 1.29 is 9.59 Å². The highest BCUT2D eigenvalue weighted by Gasteiger charge is 2.24. The highest BCUT2D eigenvalue weighted by Crippen LogP contribution is 2.21. The van der Waals surface area contributed by atoms with E-state index in [0.717, 1.165) is 53.5 Å². The van der Waals surface area contributed by atoms with Crippen LogP contribution in [0.2, 0.25) is 0 Å². The van der Waals surface area contributed by atoms with E-state index >= 15 is 0 Å². The van der Waals surface area contributed by atoms with Crippen LogP contribution in [0.1, 0.15) is 39.3 Å². The summed E-state index contributed by atoms with van der Waals surface area (Å²) in [4.78, 5) is 31.3. The molecule has 0 saturated carbocycles. The molecule has 1 fully saturated rings. The molecule has 0 spiro atoms. The number of ketones is 1. The lowest BCUT2D eigenvalue weighted by molar-refractivity contribution is -0.120. The summed E-state index contributed by atoms with van der Waals surface area (Å²) in [6, 6.07) is 15.5. The van der Waals surface area contributed by atoms with Gasteiger partial charge in [-0.25, -0.2) is 4.98 Å². The zero-order chi connectivity index (χ0) is 26.7. The minimum Gasteiger partial charge on any atom is -0.383 e. The van der Waals surface area contributed by atoms with Gasteiger partial charge in [-0.05, 0) is 54.5 Å². The SMILES string of the molecule is CSCC[C@@H](NC(=O)c1cc(NC[C@@H]2C[C@H](S)CN2)ccc1CCc1nccs1)C(=O)Cc1ccccc1. The van der Waals surface area contributed by atoms with Gasteiger partial charge < -0.3 is 16.0 Å². The number of nitrogens with zero attached hydrogens (tertiary/aromatic N) is 1. The fraction of sp³-hybridized carbons (Fsp3) is 0.414. The van der Waals surface area contributed by atoms with Crippen LogP contribution in [0.4, 0.5) is 5.69 Å². The molecule has 1 aromatic heterocycles. The number of carbonyl (C=O) groups excluding carboxylic acids is 2. The monoisotopic (exact) mass is 568 g/mol. The predicted molar refractivity (Wildman–Crippen MR) is 163 cm³/mol. The maximum absolute atomic E-state index is 13.7. The summed E-state index contributed by atoms with van der Waals surface area (Å²) in [5, 5.41) is 13.4. The first-order valence-corrected chi connectivity index (χ1v) is 15.8. The molecule has 38 heavy (non-hydrogen) atoms. The van der Waals surface area contributed by atoms with Crippen molar-refractivity contribution in [2.75, 3.05) is 30.4 Å². The van der Waals surface area contributed by atoms with Gasteiger partial charge in [-0.3, -0.25) is 9.59 Å². The standard InChI is InChI=1S/C29H36N4O2S3/c1-37-13-11-26(27(34)15-20-5-3-2-4-6-20)33-29(35)25-17-22(31-18-23-16-24(36)19-32-23)9-7-21(25)8-10-28-30-12-14-38-28/h2-7,9,12,14,17,23-24,26,31-32,36H,8,10-11,13,15-16,18-19H2,1H3,(H,33,35)/t23-,24-,26+/m0/s1. The Labute approximate surface area is 239 Å². The lowest BCUT2D eigenvalue weighted by atomic mass is 9.98. The number of amides is 1. The van der Waals surface area contributed by atoms with Crippen molar-refractivity contribution in [3.05, 3.63) is 81.8 Å².